The third kappa shape index (κ3) is 2.11. The Labute approximate surface area is 92.4 Å². The maximum absolute atomic E-state index is 10.6. The molecule has 0 amide bonds. The first kappa shape index (κ1) is 10.4. The molecular weight excluding hydrogens is 216 g/mol. The number of hydrogen-bond acceptors (Lipinski definition) is 3. The van der Waals surface area contributed by atoms with Crippen molar-refractivity contribution in [3.63, 3.8) is 0 Å². The van der Waals surface area contributed by atoms with E-state index in [4.69, 9.17) is 11.6 Å². The first-order chi connectivity index (χ1) is 7.18. The van der Waals surface area contributed by atoms with Crippen LogP contribution in [0.4, 0.5) is 5.69 Å². The van der Waals surface area contributed by atoms with Crippen molar-refractivity contribution in [2.75, 3.05) is 6.54 Å². The maximum atomic E-state index is 10.6. The van der Waals surface area contributed by atoms with Gasteiger partial charge in [-0.3, -0.25) is 10.1 Å². The van der Waals surface area contributed by atoms with Gasteiger partial charge in [0.1, 0.15) is 0 Å². The molecule has 5 heteroatoms. The van der Waals surface area contributed by atoms with Crippen LogP contribution in [0.5, 0.6) is 0 Å². The predicted octanol–water partition coefficient (Wildman–Crippen LogP) is 2.67. The first-order valence-corrected chi connectivity index (χ1v) is 5.23. The largest absolute Gasteiger partial charge is 0.310 e. The average molecular weight is 227 g/mol. The Hall–Kier alpha value is -1.13. The van der Waals surface area contributed by atoms with Crippen LogP contribution in [0.2, 0.25) is 5.02 Å². The highest BCUT2D eigenvalue weighted by atomic mass is 35.5. The summed E-state index contributed by atoms with van der Waals surface area (Å²) in [5.41, 5.74) is 0.937. The Morgan fingerprint density at radius 1 is 1.53 bits per heavy atom. The zero-order valence-electron chi connectivity index (χ0n) is 8.07. The maximum Gasteiger partial charge on any atom is 0.269 e. The topological polar surface area (TPSA) is 55.2 Å². The normalized spacial score (nSPS) is 20.5. The van der Waals surface area contributed by atoms with E-state index >= 15 is 0 Å². The lowest BCUT2D eigenvalue weighted by Gasteiger charge is -2.11. The molecule has 1 aromatic carbocycles. The second-order valence-electron chi connectivity index (χ2n) is 3.61. The van der Waals surface area contributed by atoms with Crippen molar-refractivity contribution in [1.82, 2.24) is 5.32 Å². The van der Waals surface area contributed by atoms with E-state index in [2.05, 4.69) is 5.32 Å². The molecule has 1 saturated heterocycles. The monoisotopic (exact) mass is 226 g/mol. The molecule has 0 radical (unpaired) electrons. The number of benzene rings is 1. The fraction of sp³-hybridized carbons (Fsp3) is 0.400. The van der Waals surface area contributed by atoms with Gasteiger partial charge in [0.15, 0.2) is 0 Å². The van der Waals surface area contributed by atoms with Gasteiger partial charge < -0.3 is 5.32 Å². The Kier molecular flexibility index (Phi) is 2.88. The molecule has 1 unspecified atom stereocenters. The van der Waals surface area contributed by atoms with Crippen LogP contribution in [-0.4, -0.2) is 11.5 Å². The second kappa shape index (κ2) is 4.16. The summed E-state index contributed by atoms with van der Waals surface area (Å²) in [6, 6.07) is 4.75. The average Bonchev–Trinajstić information content (AvgIpc) is 2.71. The molecule has 1 aliphatic heterocycles. The number of nitrogens with zero attached hydrogens (tertiary/aromatic N) is 1. The molecule has 1 heterocycles. The molecule has 80 valence electrons. The van der Waals surface area contributed by atoms with E-state index in [1.54, 1.807) is 12.1 Å². The molecule has 1 aliphatic rings. The van der Waals surface area contributed by atoms with Crippen molar-refractivity contribution < 1.29 is 4.92 Å². The highest BCUT2D eigenvalue weighted by molar-refractivity contribution is 6.31. The Bertz CT molecular complexity index is 389. The van der Waals surface area contributed by atoms with Gasteiger partial charge in [-0.25, -0.2) is 0 Å². The highest BCUT2D eigenvalue weighted by Gasteiger charge is 2.21. The van der Waals surface area contributed by atoms with Gasteiger partial charge in [-0.1, -0.05) is 11.6 Å². The first-order valence-electron chi connectivity index (χ1n) is 4.85. The molecule has 1 aromatic rings. The number of rotatable bonds is 2. The van der Waals surface area contributed by atoms with Gasteiger partial charge in [-0.05, 0) is 31.0 Å². The summed E-state index contributed by atoms with van der Waals surface area (Å²) in [6.07, 6.45) is 2.07. The fourth-order valence-electron chi connectivity index (χ4n) is 1.86. The van der Waals surface area contributed by atoms with Gasteiger partial charge in [0.2, 0.25) is 0 Å². The summed E-state index contributed by atoms with van der Waals surface area (Å²) in [5.74, 6) is 0. The lowest BCUT2D eigenvalue weighted by molar-refractivity contribution is -0.384. The zero-order valence-corrected chi connectivity index (χ0v) is 8.83. The summed E-state index contributed by atoms with van der Waals surface area (Å²) in [7, 11) is 0. The standard InChI is InChI=1S/C10H11ClN2O2/c11-9-4-3-7(13(14)15)6-8(9)10-2-1-5-12-10/h3-4,6,10,12H,1-2,5H2. The summed E-state index contributed by atoms with van der Waals surface area (Å²) in [5, 5.41) is 14.5. The third-order valence-corrected chi connectivity index (χ3v) is 2.97. The molecule has 4 nitrogen and oxygen atoms in total. The van der Waals surface area contributed by atoms with E-state index in [1.165, 1.54) is 6.07 Å². The molecule has 1 N–H and O–H groups in total. The molecular formula is C10H11ClN2O2. The van der Waals surface area contributed by atoms with Crippen LogP contribution in [0.25, 0.3) is 0 Å². The highest BCUT2D eigenvalue weighted by Crippen LogP contribution is 2.31. The van der Waals surface area contributed by atoms with Crippen LogP contribution >= 0.6 is 11.6 Å². The van der Waals surface area contributed by atoms with E-state index in [-0.39, 0.29) is 11.7 Å². The smallest absolute Gasteiger partial charge is 0.269 e. The number of halogens is 1. The van der Waals surface area contributed by atoms with Gasteiger partial charge in [0.25, 0.3) is 5.69 Å². The van der Waals surface area contributed by atoms with Crippen LogP contribution < -0.4 is 5.32 Å². The van der Waals surface area contributed by atoms with Crippen LogP contribution in [0.1, 0.15) is 24.4 Å². The number of nitro groups is 1. The minimum Gasteiger partial charge on any atom is -0.310 e. The predicted molar refractivity (Wildman–Crippen MR) is 58.1 cm³/mol. The summed E-state index contributed by atoms with van der Waals surface area (Å²) in [4.78, 5) is 10.2. The quantitative estimate of drug-likeness (QED) is 0.623. The van der Waals surface area contributed by atoms with E-state index in [1.807, 2.05) is 0 Å². The third-order valence-electron chi connectivity index (χ3n) is 2.63. The Balaban J connectivity index is 2.35. The van der Waals surface area contributed by atoms with Crippen LogP contribution in [-0.2, 0) is 0 Å². The van der Waals surface area contributed by atoms with E-state index in [9.17, 15) is 10.1 Å². The van der Waals surface area contributed by atoms with Crippen LogP contribution in [0, 0.1) is 10.1 Å². The number of nitrogens with one attached hydrogen (secondary N) is 1. The molecule has 0 aromatic heterocycles. The lowest BCUT2D eigenvalue weighted by atomic mass is 10.0. The fourth-order valence-corrected chi connectivity index (χ4v) is 2.11. The summed E-state index contributed by atoms with van der Waals surface area (Å²) in [6.45, 7) is 0.948. The Morgan fingerprint density at radius 2 is 2.33 bits per heavy atom. The Morgan fingerprint density at radius 3 is 2.93 bits per heavy atom. The van der Waals surface area contributed by atoms with Crippen molar-refractivity contribution in [3.05, 3.63) is 38.9 Å². The van der Waals surface area contributed by atoms with E-state index < -0.39 is 4.92 Å². The molecule has 15 heavy (non-hydrogen) atoms. The van der Waals surface area contributed by atoms with Crippen molar-refractivity contribution in [3.8, 4) is 0 Å². The molecule has 0 spiro atoms. The minimum atomic E-state index is -0.394. The van der Waals surface area contributed by atoms with Crippen molar-refractivity contribution in [2.45, 2.75) is 18.9 Å². The van der Waals surface area contributed by atoms with Crippen LogP contribution in [0.15, 0.2) is 18.2 Å². The number of hydrogen-bond donors (Lipinski definition) is 1. The molecule has 1 fully saturated rings. The van der Waals surface area contributed by atoms with E-state index in [0.29, 0.717) is 5.02 Å². The molecule has 2 rings (SSSR count). The summed E-state index contributed by atoms with van der Waals surface area (Å²) >= 11 is 6.02. The van der Waals surface area contributed by atoms with Crippen molar-refractivity contribution >= 4 is 17.3 Å². The molecule has 0 saturated carbocycles. The van der Waals surface area contributed by atoms with Gasteiger partial charge in [0.05, 0.1) is 4.92 Å². The molecule has 1 atom stereocenters. The van der Waals surface area contributed by atoms with Crippen molar-refractivity contribution in [2.24, 2.45) is 0 Å². The lowest BCUT2D eigenvalue weighted by Crippen LogP contribution is -2.13. The second-order valence-corrected chi connectivity index (χ2v) is 4.02. The summed E-state index contributed by atoms with van der Waals surface area (Å²) < 4.78 is 0. The number of nitro benzene ring substituents is 1. The van der Waals surface area contributed by atoms with Crippen molar-refractivity contribution in [1.29, 1.82) is 0 Å². The van der Waals surface area contributed by atoms with Gasteiger partial charge in [-0.2, -0.15) is 0 Å². The molecule has 0 bridgehead atoms. The van der Waals surface area contributed by atoms with Gasteiger partial charge in [-0.15, -0.1) is 0 Å². The van der Waals surface area contributed by atoms with Crippen LogP contribution in [0.3, 0.4) is 0 Å². The van der Waals surface area contributed by atoms with Gasteiger partial charge in [0, 0.05) is 23.2 Å². The minimum absolute atomic E-state index is 0.100. The zero-order chi connectivity index (χ0) is 10.8. The van der Waals surface area contributed by atoms with E-state index in [0.717, 1.165) is 24.9 Å². The SMILES string of the molecule is O=[N+]([O-])c1ccc(Cl)c(C2CCCN2)c1. The van der Waals surface area contributed by atoms with Gasteiger partial charge >= 0.3 is 0 Å². The molecule has 0 aliphatic carbocycles. The number of non-ortho nitro benzene ring substituents is 1.